The summed E-state index contributed by atoms with van der Waals surface area (Å²) in [7, 11) is 0. The Kier molecular flexibility index (Phi) is 5.30. The number of fused-ring (bicyclic) bond motifs is 7. The molecular weight excluding hydrogens is 498 g/mol. The van der Waals surface area contributed by atoms with Crippen molar-refractivity contribution in [2.24, 2.45) is 0 Å². The van der Waals surface area contributed by atoms with Crippen molar-refractivity contribution in [3.05, 3.63) is 138 Å². The molecule has 0 saturated carbocycles. The van der Waals surface area contributed by atoms with Crippen LogP contribution in [-0.4, -0.2) is 15.0 Å². The number of rotatable bonds is 3. The summed E-state index contributed by atoms with van der Waals surface area (Å²) in [4.78, 5) is 15.2. The van der Waals surface area contributed by atoms with Crippen LogP contribution in [0, 0.1) is 0 Å². The largest absolute Gasteiger partial charge is 0.208 e. The molecular formula is C38H29N3. The van der Waals surface area contributed by atoms with Crippen LogP contribution in [-0.2, 0) is 18.3 Å². The smallest absolute Gasteiger partial charge is 0.164 e. The molecule has 5 aromatic carbocycles. The van der Waals surface area contributed by atoms with Crippen molar-refractivity contribution in [3.63, 3.8) is 0 Å². The molecule has 0 fully saturated rings. The maximum atomic E-state index is 5.13. The van der Waals surface area contributed by atoms with Crippen LogP contribution in [0.5, 0.6) is 0 Å². The van der Waals surface area contributed by atoms with Gasteiger partial charge in [0.25, 0.3) is 0 Å². The van der Waals surface area contributed by atoms with Gasteiger partial charge in [-0.25, -0.2) is 15.0 Å². The van der Waals surface area contributed by atoms with Crippen LogP contribution >= 0.6 is 0 Å². The average Bonchev–Trinajstić information content (AvgIpc) is 3.28. The third-order valence-electron chi connectivity index (χ3n) is 8.84. The van der Waals surface area contributed by atoms with Crippen LogP contribution in [0.4, 0.5) is 0 Å². The zero-order valence-electron chi connectivity index (χ0n) is 23.2. The number of aryl methyl sites for hydroxylation is 2. The molecule has 0 radical (unpaired) electrons. The molecule has 1 heterocycles. The van der Waals surface area contributed by atoms with Gasteiger partial charge < -0.3 is 0 Å². The van der Waals surface area contributed by atoms with Crippen LogP contribution in [0.2, 0.25) is 0 Å². The summed E-state index contributed by atoms with van der Waals surface area (Å²) in [5.41, 5.74) is 13.8. The van der Waals surface area contributed by atoms with Gasteiger partial charge in [-0.3, -0.25) is 0 Å². The first-order valence-corrected chi connectivity index (χ1v) is 14.4. The second-order valence-electron chi connectivity index (χ2n) is 11.6. The maximum absolute atomic E-state index is 5.13. The zero-order valence-corrected chi connectivity index (χ0v) is 23.2. The predicted molar refractivity (Wildman–Crippen MR) is 167 cm³/mol. The van der Waals surface area contributed by atoms with E-state index in [0.29, 0.717) is 17.5 Å². The van der Waals surface area contributed by atoms with Crippen molar-refractivity contribution in [1.29, 1.82) is 0 Å². The molecule has 196 valence electrons. The van der Waals surface area contributed by atoms with Crippen LogP contribution in [0.25, 0.3) is 56.4 Å². The Bertz CT molecular complexity index is 1900. The molecule has 0 N–H and O–H groups in total. The number of hydrogen-bond acceptors (Lipinski definition) is 3. The highest BCUT2D eigenvalue weighted by Crippen LogP contribution is 2.56. The van der Waals surface area contributed by atoms with E-state index in [1.165, 1.54) is 44.5 Å². The van der Waals surface area contributed by atoms with Crippen molar-refractivity contribution in [1.82, 2.24) is 15.0 Å². The summed E-state index contributed by atoms with van der Waals surface area (Å²) >= 11 is 0. The lowest BCUT2D eigenvalue weighted by molar-refractivity contribution is 0.660. The number of hydrogen-bond donors (Lipinski definition) is 0. The third-order valence-corrected chi connectivity index (χ3v) is 8.84. The molecule has 41 heavy (non-hydrogen) atoms. The lowest BCUT2D eigenvalue weighted by Gasteiger charge is -2.25. The lowest BCUT2D eigenvalue weighted by atomic mass is 9.78. The molecule has 0 bridgehead atoms. The van der Waals surface area contributed by atoms with Gasteiger partial charge in [-0.05, 0) is 57.3 Å². The summed E-state index contributed by atoms with van der Waals surface area (Å²) in [6.07, 6.45) is 2.13. The molecule has 3 heteroatoms. The van der Waals surface area contributed by atoms with E-state index in [1.807, 2.05) is 36.4 Å². The first-order chi connectivity index (χ1) is 20.1. The van der Waals surface area contributed by atoms with Crippen molar-refractivity contribution < 1.29 is 0 Å². The number of aromatic nitrogens is 3. The van der Waals surface area contributed by atoms with E-state index in [1.54, 1.807) is 0 Å². The summed E-state index contributed by atoms with van der Waals surface area (Å²) in [6, 6.07) is 40.7. The molecule has 0 atom stereocenters. The standard InChI is InChI=1S/C38H29N3/c1-38(2)30-19-11-18-29(33(30)34-31(38)23-22-25-21-20-24-12-9-10-17-28(24)32(25)34)37-40-35(26-13-5-3-6-14-26)39-36(41-37)27-15-7-4-8-16-27/h3-19,22-23H,20-21H2,1-2H3. The first-order valence-electron chi connectivity index (χ1n) is 14.4. The minimum Gasteiger partial charge on any atom is -0.208 e. The lowest BCUT2D eigenvalue weighted by Crippen LogP contribution is -2.15. The van der Waals surface area contributed by atoms with Gasteiger partial charge in [0.15, 0.2) is 17.5 Å². The highest BCUT2D eigenvalue weighted by atomic mass is 15.0. The Balaban J connectivity index is 1.43. The van der Waals surface area contributed by atoms with Gasteiger partial charge in [0.2, 0.25) is 0 Å². The van der Waals surface area contributed by atoms with Gasteiger partial charge in [0.1, 0.15) is 0 Å². The molecule has 0 unspecified atom stereocenters. The average molecular weight is 528 g/mol. The highest BCUT2D eigenvalue weighted by molar-refractivity contribution is 6.00. The van der Waals surface area contributed by atoms with Crippen LogP contribution in [0.15, 0.2) is 115 Å². The molecule has 6 aromatic rings. The molecule has 0 spiro atoms. The predicted octanol–water partition coefficient (Wildman–Crippen LogP) is 8.94. The zero-order chi connectivity index (χ0) is 27.6. The molecule has 0 amide bonds. The molecule has 8 rings (SSSR count). The Morgan fingerprint density at radius 1 is 0.439 bits per heavy atom. The molecule has 2 aliphatic carbocycles. The van der Waals surface area contributed by atoms with Gasteiger partial charge in [0, 0.05) is 22.1 Å². The number of benzene rings is 5. The van der Waals surface area contributed by atoms with E-state index in [2.05, 4.69) is 92.7 Å². The van der Waals surface area contributed by atoms with Crippen LogP contribution < -0.4 is 0 Å². The topological polar surface area (TPSA) is 38.7 Å². The SMILES string of the molecule is CC1(C)c2cccc(-c3nc(-c4ccccc4)nc(-c4ccccc4)n3)c2-c2c1ccc1c2-c2ccccc2CC1. The van der Waals surface area contributed by atoms with Crippen LogP contribution in [0.3, 0.4) is 0 Å². The fraction of sp³-hybridized carbons (Fsp3) is 0.132. The minimum atomic E-state index is -0.139. The van der Waals surface area contributed by atoms with E-state index in [9.17, 15) is 0 Å². The quantitative estimate of drug-likeness (QED) is 0.231. The van der Waals surface area contributed by atoms with Crippen molar-refractivity contribution in [2.75, 3.05) is 0 Å². The molecule has 1 aromatic heterocycles. The summed E-state index contributed by atoms with van der Waals surface area (Å²) in [5.74, 6) is 2.08. The Hall–Kier alpha value is -4.89. The van der Waals surface area contributed by atoms with Gasteiger partial charge in [-0.1, -0.05) is 129 Å². The fourth-order valence-corrected chi connectivity index (χ4v) is 6.80. The van der Waals surface area contributed by atoms with E-state index < -0.39 is 0 Å². The molecule has 2 aliphatic rings. The van der Waals surface area contributed by atoms with Crippen molar-refractivity contribution >= 4 is 0 Å². The molecule has 0 aliphatic heterocycles. The highest BCUT2D eigenvalue weighted by Gasteiger charge is 2.40. The second kappa shape index (κ2) is 9.07. The maximum Gasteiger partial charge on any atom is 0.164 e. The third kappa shape index (κ3) is 3.69. The first kappa shape index (κ1) is 24.0. The van der Waals surface area contributed by atoms with E-state index >= 15 is 0 Å². The van der Waals surface area contributed by atoms with E-state index in [4.69, 9.17) is 15.0 Å². The summed E-state index contributed by atoms with van der Waals surface area (Å²) in [5, 5.41) is 0. The van der Waals surface area contributed by atoms with E-state index in [0.717, 1.165) is 29.5 Å². The Labute approximate surface area is 240 Å². The second-order valence-corrected chi connectivity index (χ2v) is 11.6. The van der Waals surface area contributed by atoms with Gasteiger partial charge >= 0.3 is 0 Å². The van der Waals surface area contributed by atoms with Crippen molar-refractivity contribution in [3.8, 4) is 56.4 Å². The number of nitrogens with zero attached hydrogens (tertiary/aromatic N) is 3. The summed E-state index contributed by atoms with van der Waals surface area (Å²) < 4.78 is 0. The molecule has 0 saturated heterocycles. The molecule has 3 nitrogen and oxygen atoms in total. The normalized spacial score (nSPS) is 14.1. The van der Waals surface area contributed by atoms with Gasteiger partial charge in [0.05, 0.1) is 0 Å². The Morgan fingerprint density at radius 2 is 1.00 bits per heavy atom. The fourth-order valence-electron chi connectivity index (χ4n) is 6.80. The monoisotopic (exact) mass is 527 g/mol. The van der Waals surface area contributed by atoms with E-state index in [-0.39, 0.29) is 5.41 Å². The minimum absolute atomic E-state index is 0.139. The van der Waals surface area contributed by atoms with Gasteiger partial charge in [-0.2, -0.15) is 0 Å². The Morgan fingerprint density at radius 3 is 1.71 bits per heavy atom. The van der Waals surface area contributed by atoms with Crippen LogP contribution in [0.1, 0.15) is 36.1 Å². The van der Waals surface area contributed by atoms with Gasteiger partial charge in [-0.15, -0.1) is 0 Å². The van der Waals surface area contributed by atoms with Crippen molar-refractivity contribution in [2.45, 2.75) is 32.1 Å². The summed E-state index contributed by atoms with van der Waals surface area (Å²) in [6.45, 7) is 4.70.